The SMILES string of the molecule is C=C(C)C(=O)O.OC=CCCO. The normalized spacial score (nSPS) is 8.83. The summed E-state index contributed by atoms with van der Waals surface area (Å²) in [6.45, 7) is 4.71. The third kappa shape index (κ3) is 15.9. The van der Waals surface area contributed by atoms with Crippen molar-refractivity contribution in [2.45, 2.75) is 13.3 Å². The number of hydrogen-bond acceptors (Lipinski definition) is 3. The zero-order chi connectivity index (χ0) is 9.98. The molecule has 12 heavy (non-hydrogen) atoms. The molecule has 0 heterocycles. The minimum atomic E-state index is -0.935. The molecule has 70 valence electrons. The molecule has 0 spiro atoms. The lowest BCUT2D eigenvalue weighted by atomic mass is 10.4. The lowest BCUT2D eigenvalue weighted by Gasteiger charge is -1.79. The molecule has 0 amide bonds. The van der Waals surface area contributed by atoms with Gasteiger partial charge >= 0.3 is 5.97 Å². The highest BCUT2D eigenvalue weighted by atomic mass is 16.4. The zero-order valence-corrected chi connectivity index (χ0v) is 7.03. The maximum atomic E-state index is 9.60. The van der Waals surface area contributed by atoms with Gasteiger partial charge in [0, 0.05) is 12.2 Å². The quantitative estimate of drug-likeness (QED) is 0.442. The van der Waals surface area contributed by atoms with Crippen molar-refractivity contribution >= 4 is 5.97 Å². The number of aliphatic hydroxyl groups excluding tert-OH is 2. The zero-order valence-electron chi connectivity index (χ0n) is 7.03. The molecule has 3 N–H and O–H groups in total. The van der Waals surface area contributed by atoms with Crippen LogP contribution in [0.5, 0.6) is 0 Å². The summed E-state index contributed by atoms with van der Waals surface area (Å²) < 4.78 is 0. The van der Waals surface area contributed by atoms with E-state index >= 15 is 0 Å². The smallest absolute Gasteiger partial charge is 0.330 e. The molecule has 0 aromatic heterocycles. The minimum Gasteiger partial charge on any atom is -0.516 e. The van der Waals surface area contributed by atoms with Crippen LogP contribution in [0.2, 0.25) is 0 Å². The average Bonchev–Trinajstić information content (AvgIpc) is 2.02. The Morgan fingerprint density at radius 2 is 2.00 bits per heavy atom. The summed E-state index contributed by atoms with van der Waals surface area (Å²) in [5.41, 5.74) is 0.176. The van der Waals surface area contributed by atoms with Gasteiger partial charge in [-0.15, -0.1) is 0 Å². The lowest BCUT2D eigenvalue weighted by molar-refractivity contribution is -0.132. The molecule has 0 saturated heterocycles. The number of carboxylic acids is 1. The van der Waals surface area contributed by atoms with E-state index in [4.69, 9.17) is 15.3 Å². The van der Waals surface area contributed by atoms with Gasteiger partial charge in [-0.25, -0.2) is 4.79 Å². The first-order chi connectivity index (χ1) is 5.56. The molecule has 0 aliphatic carbocycles. The van der Waals surface area contributed by atoms with E-state index in [0.717, 1.165) is 6.26 Å². The molecule has 0 unspecified atom stereocenters. The van der Waals surface area contributed by atoms with Crippen LogP contribution >= 0.6 is 0 Å². The second-order valence-electron chi connectivity index (χ2n) is 1.98. The molecule has 0 bridgehead atoms. The van der Waals surface area contributed by atoms with Crippen molar-refractivity contribution in [3.63, 3.8) is 0 Å². The first-order valence-electron chi connectivity index (χ1n) is 3.35. The molecule has 0 saturated carbocycles. The van der Waals surface area contributed by atoms with Crippen LogP contribution in [0.4, 0.5) is 0 Å². The van der Waals surface area contributed by atoms with Gasteiger partial charge in [0.25, 0.3) is 0 Å². The molecule has 0 aliphatic heterocycles. The van der Waals surface area contributed by atoms with Gasteiger partial charge in [0.2, 0.25) is 0 Å². The molecular weight excluding hydrogens is 160 g/mol. The molecule has 0 rings (SSSR count). The first-order valence-corrected chi connectivity index (χ1v) is 3.35. The highest BCUT2D eigenvalue weighted by Gasteiger charge is 1.90. The predicted octanol–water partition coefficient (Wildman–Crippen LogP) is 1.09. The van der Waals surface area contributed by atoms with Gasteiger partial charge in [-0.05, 0) is 19.4 Å². The van der Waals surface area contributed by atoms with E-state index in [0.29, 0.717) is 6.42 Å². The van der Waals surface area contributed by atoms with E-state index in [-0.39, 0.29) is 12.2 Å². The fourth-order valence-corrected chi connectivity index (χ4v) is 0.149. The molecule has 4 heteroatoms. The van der Waals surface area contributed by atoms with Crippen molar-refractivity contribution in [2.75, 3.05) is 6.61 Å². The molecule has 0 atom stereocenters. The van der Waals surface area contributed by atoms with E-state index in [1.807, 2.05) is 0 Å². The number of hydrogen-bond donors (Lipinski definition) is 3. The molecule has 4 nitrogen and oxygen atoms in total. The maximum Gasteiger partial charge on any atom is 0.330 e. The van der Waals surface area contributed by atoms with Crippen LogP contribution in [0.3, 0.4) is 0 Å². The summed E-state index contributed by atoms with van der Waals surface area (Å²) in [6, 6.07) is 0. The Balaban J connectivity index is 0. The molecule has 0 aromatic carbocycles. The van der Waals surface area contributed by atoms with Crippen molar-refractivity contribution in [3.05, 3.63) is 24.5 Å². The Bertz CT molecular complexity index is 148. The number of aliphatic hydroxyl groups is 2. The van der Waals surface area contributed by atoms with Crippen LogP contribution in [0, 0.1) is 0 Å². The summed E-state index contributed by atoms with van der Waals surface area (Å²) >= 11 is 0. The Morgan fingerprint density at radius 3 is 2.08 bits per heavy atom. The third-order valence-electron chi connectivity index (χ3n) is 0.766. The van der Waals surface area contributed by atoms with Crippen LogP contribution in [0.1, 0.15) is 13.3 Å². The van der Waals surface area contributed by atoms with E-state index in [2.05, 4.69) is 6.58 Å². The predicted molar refractivity (Wildman–Crippen MR) is 45.9 cm³/mol. The van der Waals surface area contributed by atoms with Crippen LogP contribution in [-0.2, 0) is 4.79 Å². The van der Waals surface area contributed by atoms with Gasteiger partial charge in [-0.3, -0.25) is 0 Å². The molecule has 0 aliphatic rings. The summed E-state index contributed by atoms with van der Waals surface area (Å²) in [4.78, 5) is 9.60. The van der Waals surface area contributed by atoms with Crippen molar-refractivity contribution in [1.82, 2.24) is 0 Å². The Morgan fingerprint density at radius 1 is 1.58 bits per heavy atom. The molecule has 0 radical (unpaired) electrons. The Labute approximate surface area is 71.5 Å². The fraction of sp³-hybridized carbons (Fsp3) is 0.375. The number of aliphatic carboxylic acids is 1. The van der Waals surface area contributed by atoms with Crippen LogP contribution in [0.15, 0.2) is 24.5 Å². The highest BCUT2D eigenvalue weighted by molar-refractivity contribution is 5.84. The third-order valence-corrected chi connectivity index (χ3v) is 0.766. The van der Waals surface area contributed by atoms with Crippen molar-refractivity contribution in [3.8, 4) is 0 Å². The van der Waals surface area contributed by atoms with Gasteiger partial charge in [0.1, 0.15) is 0 Å². The van der Waals surface area contributed by atoms with Crippen molar-refractivity contribution in [2.24, 2.45) is 0 Å². The number of rotatable bonds is 3. The second-order valence-corrected chi connectivity index (χ2v) is 1.98. The van der Waals surface area contributed by atoms with Gasteiger partial charge in [-0.2, -0.15) is 0 Å². The van der Waals surface area contributed by atoms with Gasteiger partial charge < -0.3 is 15.3 Å². The van der Waals surface area contributed by atoms with Crippen LogP contribution in [-0.4, -0.2) is 27.9 Å². The van der Waals surface area contributed by atoms with Crippen LogP contribution in [0.25, 0.3) is 0 Å². The summed E-state index contributed by atoms with van der Waals surface area (Å²) in [5, 5.41) is 23.8. The van der Waals surface area contributed by atoms with E-state index < -0.39 is 5.97 Å². The van der Waals surface area contributed by atoms with E-state index in [1.54, 1.807) is 0 Å². The minimum absolute atomic E-state index is 0.108. The molecule has 0 fully saturated rings. The maximum absolute atomic E-state index is 9.60. The topological polar surface area (TPSA) is 77.8 Å². The summed E-state index contributed by atoms with van der Waals surface area (Å²) in [5.74, 6) is -0.935. The van der Waals surface area contributed by atoms with Crippen molar-refractivity contribution in [1.29, 1.82) is 0 Å². The standard InChI is InChI=1S/C4H6O2.C4H8O2/c1-3(2)4(5)6;5-3-1-2-4-6/h1H2,2H3,(H,5,6);1,3,5-6H,2,4H2. The number of carboxylic acid groups (broad SMARTS) is 1. The van der Waals surface area contributed by atoms with Gasteiger partial charge in [0.15, 0.2) is 0 Å². The van der Waals surface area contributed by atoms with E-state index in [1.165, 1.54) is 13.0 Å². The Hall–Kier alpha value is -1.29. The second kappa shape index (κ2) is 9.71. The van der Waals surface area contributed by atoms with Crippen LogP contribution < -0.4 is 0 Å². The Kier molecular flexibility index (Phi) is 10.8. The van der Waals surface area contributed by atoms with Gasteiger partial charge in [0.05, 0.1) is 6.26 Å². The average molecular weight is 174 g/mol. The summed E-state index contributed by atoms with van der Waals surface area (Å²) in [7, 11) is 0. The van der Waals surface area contributed by atoms with Crippen molar-refractivity contribution < 1.29 is 20.1 Å². The molecule has 0 aromatic rings. The van der Waals surface area contributed by atoms with E-state index in [9.17, 15) is 4.79 Å². The van der Waals surface area contributed by atoms with Gasteiger partial charge in [-0.1, -0.05) is 6.58 Å². The highest BCUT2D eigenvalue weighted by Crippen LogP contribution is 1.81. The first kappa shape index (κ1) is 13.3. The fourth-order valence-electron chi connectivity index (χ4n) is 0.149. The lowest BCUT2D eigenvalue weighted by Crippen LogP contribution is -1.92. The monoisotopic (exact) mass is 174 g/mol. The summed E-state index contributed by atoms with van der Waals surface area (Å²) in [6.07, 6.45) is 2.95. The number of carbonyl (C=O) groups is 1. The largest absolute Gasteiger partial charge is 0.516 e. The molecular formula is C8H14O4.